The topological polar surface area (TPSA) is 67.3 Å². The van der Waals surface area contributed by atoms with Crippen molar-refractivity contribution in [2.75, 3.05) is 0 Å². The van der Waals surface area contributed by atoms with Gasteiger partial charge in [0.25, 0.3) is 0 Å². The first-order chi connectivity index (χ1) is 7.68. The smallest absolute Gasteiger partial charge is 0.475 e. The fourth-order valence-corrected chi connectivity index (χ4v) is 1.40. The zero-order valence-electron chi connectivity index (χ0n) is 8.99. The van der Waals surface area contributed by atoms with Crippen molar-refractivity contribution < 1.29 is 27.9 Å². The Labute approximate surface area is 99.1 Å². The van der Waals surface area contributed by atoms with Gasteiger partial charge in [0.15, 0.2) is 6.29 Å². The summed E-state index contributed by atoms with van der Waals surface area (Å²) in [7, 11) is 0. The summed E-state index contributed by atoms with van der Waals surface area (Å²) in [6.07, 6.45) is -4.30. The van der Waals surface area contributed by atoms with Crippen molar-refractivity contribution in [1.29, 1.82) is 0 Å². The van der Waals surface area contributed by atoms with Gasteiger partial charge in [-0.2, -0.15) is 13.2 Å². The van der Waals surface area contributed by atoms with E-state index in [0.29, 0.717) is 11.6 Å². The van der Waals surface area contributed by atoms with E-state index < -0.39 is 12.1 Å². The number of carbonyl (C=O) groups is 2. The predicted octanol–water partition coefficient (Wildman–Crippen LogP) is 2.71. The number of carboxylic acids is 1. The molecule has 8 heteroatoms. The minimum atomic E-state index is -5.08. The fourth-order valence-electron chi connectivity index (χ4n) is 0.620. The highest BCUT2D eigenvalue weighted by atomic mass is 32.1. The van der Waals surface area contributed by atoms with Gasteiger partial charge in [-0.3, -0.25) is 4.79 Å². The van der Waals surface area contributed by atoms with Crippen molar-refractivity contribution in [3.05, 3.63) is 16.1 Å². The van der Waals surface area contributed by atoms with Crippen molar-refractivity contribution in [3.63, 3.8) is 0 Å². The normalized spacial score (nSPS) is 10.7. The number of thiazole rings is 1. The number of carbonyl (C=O) groups excluding carboxylic acids is 1. The number of halogens is 3. The van der Waals surface area contributed by atoms with Crippen LogP contribution in [0.4, 0.5) is 13.2 Å². The van der Waals surface area contributed by atoms with Crippen molar-refractivity contribution in [1.82, 2.24) is 4.98 Å². The molecule has 0 aromatic carbocycles. The molecule has 0 saturated carbocycles. The summed E-state index contributed by atoms with van der Waals surface area (Å²) < 4.78 is 31.7. The molecular weight excluding hydrogens is 259 g/mol. The maximum atomic E-state index is 10.6. The number of aldehydes is 1. The Morgan fingerprint density at radius 2 is 2.00 bits per heavy atom. The molecule has 4 nitrogen and oxygen atoms in total. The SMILES string of the molecule is CC(C)c1nc(C=O)cs1.O=C(O)C(F)(F)F. The van der Waals surface area contributed by atoms with Crippen molar-refractivity contribution >= 4 is 23.6 Å². The molecule has 0 aliphatic carbocycles. The largest absolute Gasteiger partial charge is 0.490 e. The lowest BCUT2D eigenvalue weighted by molar-refractivity contribution is -0.192. The Morgan fingerprint density at radius 3 is 2.18 bits per heavy atom. The van der Waals surface area contributed by atoms with E-state index in [1.807, 2.05) is 0 Å². The van der Waals surface area contributed by atoms with Gasteiger partial charge in [-0.25, -0.2) is 9.78 Å². The van der Waals surface area contributed by atoms with Gasteiger partial charge in [-0.1, -0.05) is 13.8 Å². The third-order valence-electron chi connectivity index (χ3n) is 1.40. The Morgan fingerprint density at radius 1 is 1.53 bits per heavy atom. The Bertz CT molecular complexity index is 387. The lowest BCUT2D eigenvalue weighted by atomic mass is 10.2. The number of alkyl halides is 3. The van der Waals surface area contributed by atoms with Crippen LogP contribution in [0, 0.1) is 0 Å². The van der Waals surface area contributed by atoms with E-state index in [-0.39, 0.29) is 0 Å². The van der Waals surface area contributed by atoms with Gasteiger partial charge in [0, 0.05) is 11.3 Å². The maximum Gasteiger partial charge on any atom is 0.490 e. The fraction of sp³-hybridized carbons (Fsp3) is 0.444. The third kappa shape index (κ3) is 6.00. The van der Waals surface area contributed by atoms with Crippen LogP contribution in [0.2, 0.25) is 0 Å². The summed E-state index contributed by atoms with van der Waals surface area (Å²) in [6.45, 7) is 4.13. The number of nitrogens with zero attached hydrogens (tertiary/aromatic N) is 1. The summed E-state index contributed by atoms with van der Waals surface area (Å²) in [5.74, 6) is -2.33. The number of hydrogen-bond donors (Lipinski definition) is 1. The zero-order valence-corrected chi connectivity index (χ0v) is 9.80. The molecule has 0 amide bonds. The monoisotopic (exact) mass is 269 g/mol. The number of carboxylic acid groups (broad SMARTS) is 1. The second kappa shape index (κ2) is 6.33. The van der Waals surface area contributed by atoms with Crippen LogP contribution in [0.15, 0.2) is 5.38 Å². The lowest BCUT2D eigenvalue weighted by Crippen LogP contribution is -2.21. The molecule has 1 rings (SSSR count). The van der Waals surface area contributed by atoms with Gasteiger partial charge in [-0.05, 0) is 0 Å². The van der Waals surface area contributed by atoms with E-state index in [9.17, 15) is 18.0 Å². The minimum absolute atomic E-state index is 0.429. The lowest BCUT2D eigenvalue weighted by Gasteiger charge is -1.94. The molecule has 17 heavy (non-hydrogen) atoms. The summed E-state index contributed by atoms with van der Waals surface area (Å²) >= 11 is 1.54. The van der Waals surface area contributed by atoms with Crippen LogP contribution in [0.1, 0.15) is 35.3 Å². The highest BCUT2D eigenvalue weighted by Gasteiger charge is 2.38. The van der Waals surface area contributed by atoms with E-state index in [1.54, 1.807) is 5.38 Å². The van der Waals surface area contributed by atoms with E-state index in [1.165, 1.54) is 11.3 Å². The molecule has 0 aliphatic heterocycles. The summed E-state index contributed by atoms with van der Waals surface area (Å²) in [4.78, 5) is 23.2. The number of rotatable bonds is 2. The van der Waals surface area contributed by atoms with E-state index >= 15 is 0 Å². The maximum absolute atomic E-state index is 10.6. The van der Waals surface area contributed by atoms with Crippen molar-refractivity contribution in [3.8, 4) is 0 Å². The van der Waals surface area contributed by atoms with Crippen LogP contribution >= 0.6 is 11.3 Å². The van der Waals surface area contributed by atoms with Gasteiger partial charge in [0.1, 0.15) is 5.69 Å². The molecule has 0 aliphatic rings. The van der Waals surface area contributed by atoms with Gasteiger partial charge in [0.2, 0.25) is 0 Å². The van der Waals surface area contributed by atoms with Gasteiger partial charge >= 0.3 is 12.1 Å². The van der Waals surface area contributed by atoms with Crippen molar-refractivity contribution in [2.45, 2.75) is 25.9 Å². The first kappa shape index (κ1) is 15.6. The molecule has 0 bridgehead atoms. The highest BCUT2D eigenvalue weighted by Crippen LogP contribution is 2.17. The standard InChI is InChI=1S/C7H9NOS.C2HF3O2/c1-5(2)7-8-6(3-9)4-10-7;3-2(4,5)1(6)7/h3-5H,1-2H3;(H,6,7). The molecule has 1 aromatic rings. The van der Waals surface area contributed by atoms with Crippen LogP contribution < -0.4 is 0 Å². The van der Waals surface area contributed by atoms with Gasteiger partial charge in [-0.15, -0.1) is 11.3 Å². The average molecular weight is 269 g/mol. The summed E-state index contributed by atoms with van der Waals surface area (Å²) in [5.41, 5.74) is 0.550. The van der Waals surface area contributed by atoms with Gasteiger partial charge in [0.05, 0.1) is 5.01 Å². The molecule has 1 aromatic heterocycles. The molecular formula is C9H10F3NO3S. The molecule has 0 fully saturated rings. The number of hydrogen-bond acceptors (Lipinski definition) is 4. The summed E-state index contributed by atoms with van der Waals surface area (Å²) in [5, 5.41) is 9.93. The molecule has 0 saturated heterocycles. The Balaban J connectivity index is 0.000000325. The molecule has 1 N–H and O–H groups in total. The molecule has 0 radical (unpaired) electrons. The minimum Gasteiger partial charge on any atom is -0.475 e. The second-order valence-corrected chi connectivity index (χ2v) is 4.08. The molecule has 0 atom stereocenters. The van der Waals surface area contributed by atoms with Crippen LogP contribution in [-0.2, 0) is 4.79 Å². The second-order valence-electron chi connectivity index (χ2n) is 3.19. The summed E-state index contributed by atoms with van der Waals surface area (Å²) in [6, 6.07) is 0. The third-order valence-corrected chi connectivity index (χ3v) is 2.56. The van der Waals surface area contributed by atoms with Crippen molar-refractivity contribution in [2.24, 2.45) is 0 Å². The van der Waals surface area contributed by atoms with Crippen LogP contribution in [0.25, 0.3) is 0 Å². The van der Waals surface area contributed by atoms with E-state index in [2.05, 4.69) is 18.8 Å². The van der Waals surface area contributed by atoms with Crippen LogP contribution in [-0.4, -0.2) is 28.5 Å². The number of aromatic nitrogens is 1. The van der Waals surface area contributed by atoms with Crippen LogP contribution in [0.3, 0.4) is 0 Å². The Hall–Kier alpha value is -1.44. The highest BCUT2D eigenvalue weighted by molar-refractivity contribution is 7.09. The molecule has 1 heterocycles. The zero-order chi connectivity index (χ0) is 13.6. The van der Waals surface area contributed by atoms with E-state index in [4.69, 9.17) is 9.90 Å². The quantitative estimate of drug-likeness (QED) is 0.838. The predicted molar refractivity (Wildman–Crippen MR) is 55.3 cm³/mol. The molecule has 0 unspecified atom stereocenters. The number of aliphatic carboxylic acids is 1. The first-order valence-electron chi connectivity index (χ1n) is 4.39. The first-order valence-corrected chi connectivity index (χ1v) is 5.27. The molecule has 0 spiro atoms. The van der Waals surface area contributed by atoms with Crippen LogP contribution in [0.5, 0.6) is 0 Å². The Kier molecular flexibility index (Phi) is 5.80. The molecule has 96 valence electrons. The van der Waals surface area contributed by atoms with E-state index in [0.717, 1.165) is 11.3 Å². The van der Waals surface area contributed by atoms with Gasteiger partial charge < -0.3 is 5.11 Å². The average Bonchev–Trinajstić information content (AvgIpc) is 2.65.